The highest BCUT2D eigenvalue weighted by molar-refractivity contribution is 8.18. The van der Waals surface area contributed by atoms with E-state index in [1.54, 1.807) is 37.3 Å². The molecular weight excluding hydrogens is 449 g/mol. The summed E-state index contributed by atoms with van der Waals surface area (Å²) in [6.45, 7) is 1.65. The van der Waals surface area contributed by atoms with E-state index in [1.165, 1.54) is 6.08 Å². The van der Waals surface area contributed by atoms with E-state index < -0.39 is 23.7 Å². The minimum absolute atomic E-state index is 0.166. The van der Waals surface area contributed by atoms with Gasteiger partial charge in [-0.1, -0.05) is 35.3 Å². The zero-order valence-corrected chi connectivity index (χ0v) is 18.2. The van der Waals surface area contributed by atoms with Crippen LogP contribution in [-0.4, -0.2) is 35.2 Å². The molecule has 156 valence electrons. The number of carbonyl (C=O) groups is 3. The van der Waals surface area contributed by atoms with Crippen LogP contribution in [0.3, 0.4) is 0 Å². The maximum Gasteiger partial charge on any atom is 0.326 e. The second kappa shape index (κ2) is 10.0. The molecule has 0 aromatic heterocycles. The summed E-state index contributed by atoms with van der Waals surface area (Å²) in [4.78, 5) is 37.4. The van der Waals surface area contributed by atoms with Crippen molar-refractivity contribution in [3.8, 4) is 5.75 Å². The van der Waals surface area contributed by atoms with E-state index in [0.29, 0.717) is 21.4 Å². The fourth-order valence-corrected chi connectivity index (χ4v) is 3.89. The lowest BCUT2D eigenvalue weighted by Crippen LogP contribution is -2.34. The zero-order valence-electron chi connectivity index (χ0n) is 15.9. The molecule has 2 aromatic rings. The van der Waals surface area contributed by atoms with Crippen molar-refractivity contribution >= 4 is 58.2 Å². The maximum atomic E-state index is 12.6. The molecule has 2 amide bonds. The molecule has 1 aliphatic rings. The number of carbonyl (C=O) groups excluding carboxylic acids is 3. The van der Waals surface area contributed by atoms with E-state index in [0.717, 1.165) is 22.2 Å². The first-order valence-corrected chi connectivity index (χ1v) is 10.5. The number of rotatable bonds is 7. The summed E-state index contributed by atoms with van der Waals surface area (Å²) in [5.74, 6) is -0.732. The van der Waals surface area contributed by atoms with E-state index >= 15 is 0 Å². The normalized spacial score (nSPS) is 15.0. The number of nitrogens with zero attached hydrogens (tertiary/aromatic N) is 1. The van der Waals surface area contributed by atoms with E-state index in [9.17, 15) is 14.4 Å². The van der Waals surface area contributed by atoms with E-state index in [4.69, 9.17) is 32.7 Å². The van der Waals surface area contributed by atoms with Crippen molar-refractivity contribution in [2.24, 2.45) is 0 Å². The standard InChI is InChI=1S/C21H17Cl2NO5S/c1-2-28-19(25)11-24-20(26)18(30-21(24)27)10-14-9-16(23)6-7-17(14)29-12-13-4-3-5-15(22)8-13/h3-10H,2,11-12H2,1H3/b18-10+. The molecule has 3 rings (SSSR count). The van der Waals surface area contributed by atoms with Crippen LogP contribution in [0.15, 0.2) is 47.4 Å². The van der Waals surface area contributed by atoms with Crippen molar-refractivity contribution in [1.82, 2.24) is 4.90 Å². The van der Waals surface area contributed by atoms with Crippen molar-refractivity contribution in [2.45, 2.75) is 13.5 Å². The quantitative estimate of drug-likeness (QED) is 0.414. The Hall–Kier alpha value is -2.48. The summed E-state index contributed by atoms with van der Waals surface area (Å²) < 4.78 is 10.7. The summed E-state index contributed by atoms with van der Waals surface area (Å²) in [7, 11) is 0. The summed E-state index contributed by atoms with van der Waals surface area (Å²) in [6, 6.07) is 12.2. The van der Waals surface area contributed by atoms with Crippen LogP contribution in [0.4, 0.5) is 4.79 Å². The third kappa shape index (κ3) is 5.56. The Kier molecular flexibility index (Phi) is 7.42. The number of halogens is 2. The number of hydrogen-bond acceptors (Lipinski definition) is 6. The molecule has 0 radical (unpaired) electrons. The van der Waals surface area contributed by atoms with Crippen LogP contribution in [-0.2, 0) is 20.9 Å². The molecule has 0 aliphatic carbocycles. The SMILES string of the molecule is CCOC(=O)CN1C(=O)S/C(=C/c2cc(Cl)ccc2OCc2cccc(Cl)c2)C1=O. The van der Waals surface area contributed by atoms with Gasteiger partial charge in [0.1, 0.15) is 18.9 Å². The number of esters is 1. The van der Waals surface area contributed by atoms with Crippen LogP contribution in [0.2, 0.25) is 10.0 Å². The predicted octanol–water partition coefficient (Wildman–Crippen LogP) is 5.17. The summed E-state index contributed by atoms with van der Waals surface area (Å²) in [5.41, 5.74) is 1.41. The number of benzene rings is 2. The summed E-state index contributed by atoms with van der Waals surface area (Å²) in [6.07, 6.45) is 1.52. The zero-order chi connectivity index (χ0) is 21.7. The minimum Gasteiger partial charge on any atom is -0.488 e. The summed E-state index contributed by atoms with van der Waals surface area (Å²) >= 11 is 12.8. The number of amides is 2. The minimum atomic E-state index is -0.644. The predicted molar refractivity (Wildman–Crippen MR) is 117 cm³/mol. The lowest BCUT2D eigenvalue weighted by molar-refractivity contribution is -0.145. The third-order valence-electron chi connectivity index (χ3n) is 4.01. The summed E-state index contributed by atoms with van der Waals surface area (Å²) in [5, 5.41) is 0.507. The highest BCUT2D eigenvalue weighted by atomic mass is 35.5. The monoisotopic (exact) mass is 465 g/mol. The number of imide groups is 1. The third-order valence-corrected chi connectivity index (χ3v) is 5.39. The first-order valence-electron chi connectivity index (χ1n) is 8.95. The van der Waals surface area contributed by atoms with Gasteiger partial charge < -0.3 is 9.47 Å². The molecular formula is C21H17Cl2NO5S. The Bertz CT molecular complexity index is 1020. The molecule has 0 bridgehead atoms. The van der Waals surface area contributed by atoms with Crippen LogP contribution >= 0.6 is 35.0 Å². The molecule has 30 heavy (non-hydrogen) atoms. The molecule has 9 heteroatoms. The Balaban J connectivity index is 1.80. The van der Waals surface area contributed by atoms with Gasteiger partial charge in [0.2, 0.25) is 0 Å². The van der Waals surface area contributed by atoms with Gasteiger partial charge in [0.05, 0.1) is 11.5 Å². The van der Waals surface area contributed by atoms with Gasteiger partial charge in [0.25, 0.3) is 11.1 Å². The molecule has 1 fully saturated rings. The lowest BCUT2D eigenvalue weighted by atomic mass is 10.1. The van der Waals surface area contributed by atoms with Crippen LogP contribution in [0.1, 0.15) is 18.1 Å². The first kappa shape index (κ1) is 22.2. The van der Waals surface area contributed by atoms with E-state index in [2.05, 4.69) is 0 Å². The average molecular weight is 466 g/mol. The van der Waals surface area contributed by atoms with Crippen LogP contribution in [0.5, 0.6) is 5.75 Å². The number of ether oxygens (including phenoxy) is 2. The molecule has 6 nitrogen and oxygen atoms in total. The second-order valence-electron chi connectivity index (χ2n) is 6.17. The first-order chi connectivity index (χ1) is 14.4. The van der Waals surface area contributed by atoms with Crippen molar-refractivity contribution in [2.75, 3.05) is 13.2 Å². The highest BCUT2D eigenvalue weighted by Gasteiger charge is 2.36. The molecule has 2 aromatic carbocycles. The van der Waals surface area contributed by atoms with Gasteiger partial charge in [-0.25, -0.2) is 0 Å². The van der Waals surface area contributed by atoms with Crippen LogP contribution in [0.25, 0.3) is 6.08 Å². The molecule has 1 aliphatic heterocycles. The fourth-order valence-electron chi connectivity index (χ4n) is 2.66. The van der Waals surface area contributed by atoms with Crippen molar-refractivity contribution in [3.05, 3.63) is 68.5 Å². The largest absolute Gasteiger partial charge is 0.488 e. The van der Waals surface area contributed by atoms with Gasteiger partial charge in [-0.3, -0.25) is 19.3 Å². The fraction of sp³-hybridized carbons (Fsp3) is 0.190. The topological polar surface area (TPSA) is 72.9 Å². The smallest absolute Gasteiger partial charge is 0.326 e. The second-order valence-corrected chi connectivity index (χ2v) is 8.04. The average Bonchev–Trinajstić information content (AvgIpc) is 2.95. The molecule has 1 saturated heterocycles. The Morgan fingerprint density at radius 3 is 2.63 bits per heavy atom. The van der Waals surface area contributed by atoms with E-state index in [1.807, 2.05) is 12.1 Å². The van der Waals surface area contributed by atoms with Gasteiger partial charge in [0, 0.05) is 15.6 Å². The molecule has 0 saturated carbocycles. The van der Waals surface area contributed by atoms with Crippen molar-refractivity contribution in [3.63, 3.8) is 0 Å². The van der Waals surface area contributed by atoms with Gasteiger partial charge in [-0.15, -0.1) is 0 Å². The number of thioether (sulfide) groups is 1. The molecule has 0 spiro atoms. The number of hydrogen-bond donors (Lipinski definition) is 0. The Morgan fingerprint density at radius 1 is 1.13 bits per heavy atom. The Labute approximate surface area is 187 Å². The maximum absolute atomic E-state index is 12.6. The van der Waals surface area contributed by atoms with Gasteiger partial charge in [-0.2, -0.15) is 0 Å². The lowest BCUT2D eigenvalue weighted by Gasteiger charge is -2.11. The molecule has 0 unspecified atom stereocenters. The van der Waals surface area contributed by atoms with Crippen LogP contribution < -0.4 is 4.74 Å². The highest BCUT2D eigenvalue weighted by Crippen LogP contribution is 2.35. The Morgan fingerprint density at radius 2 is 1.90 bits per heavy atom. The van der Waals surface area contributed by atoms with Crippen LogP contribution in [0, 0.1) is 0 Å². The molecule has 1 heterocycles. The van der Waals surface area contributed by atoms with Crippen molar-refractivity contribution in [1.29, 1.82) is 0 Å². The van der Waals surface area contributed by atoms with Gasteiger partial charge >= 0.3 is 5.97 Å². The van der Waals surface area contributed by atoms with Crippen molar-refractivity contribution < 1.29 is 23.9 Å². The van der Waals surface area contributed by atoms with Gasteiger partial charge in [0.15, 0.2) is 0 Å². The molecule has 0 N–H and O–H groups in total. The van der Waals surface area contributed by atoms with Gasteiger partial charge in [-0.05, 0) is 60.7 Å². The van der Waals surface area contributed by atoms with E-state index in [-0.39, 0.29) is 18.1 Å². The molecule has 0 atom stereocenters.